The molecule has 164 valence electrons. The van der Waals surface area contributed by atoms with Crippen molar-refractivity contribution in [2.45, 2.75) is 32.4 Å². The van der Waals surface area contributed by atoms with Crippen molar-refractivity contribution in [2.24, 2.45) is 0 Å². The largest absolute Gasteiger partial charge is 0.493 e. The number of para-hydroxylation sites is 1. The average Bonchev–Trinajstić information content (AvgIpc) is 2.71. The van der Waals surface area contributed by atoms with E-state index in [2.05, 4.69) is 5.32 Å². The first-order chi connectivity index (χ1) is 14.1. The molecular weight excluding hydrogens is 411 g/mol. The summed E-state index contributed by atoms with van der Waals surface area (Å²) in [7, 11) is -0.872. The number of methoxy groups -OCH3 is 2. The number of anilines is 1. The zero-order chi connectivity index (χ0) is 22.5. The third-order valence-electron chi connectivity index (χ3n) is 4.71. The topological polar surface area (TPSA) is 84.9 Å². The van der Waals surface area contributed by atoms with E-state index in [9.17, 15) is 17.6 Å². The van der Waals surface area contributed by atoms with Crippen molar-refractivity contribution in [1.29, 1.82) is 0 Å². The molecule has 0 saturated heterocycles. The molecule has 0 bridgehead atoms. The smallest absolute Gasteiger partial charge is 0.244 e. The summed E-state index contributed by atoms with van der Waals surface area (Å²) in [6.45, 7) is 3.31. The van der Waals surface area contributed by atoms with E-state index in [1.165, 1.54) is 39.3 Å². The highest BCUT2D eigenvalue weighted by molar-refractivity contribution is 7.92. The van der Waals surface area contributed by atoms with Crippen LogP contribution >= 0.6 is 0 Å². The maximum atomic E-state index is 14.3. The molecule has 0 saturated carbocycles. The Morgan fingerprint density at radius 2 is 1.77 bits per heavy atom. The maximum Gasteiger partial charge on any atom is 0.244 e. The van der Waals surface area contributed by atoms with Gasteiger partial charge in [-0.15, -0.1) is 0 Å². The van der Waals surface area contributed by atoms with Gasteiger partial charge in [-0.05, 0) is 43.2 Å². The minimum absolute atomic E-state index is 0.179. The summed E-state index contributed by atoms with van der Waals surface area (Å²) in [5.41, 5.74) is 0.592. The van der Waals surface area contributed by atoms with Crippen molar-refractivity contribution in [1.82, 2.24) is 5.32 Å². The molecule has 0 fully saturated rings. The first-order valence-electron chi connectivity index (χ1n) is 9.40. The highest BCUT2D eigenvalue weighted by Gasteiger charge is 2.32. The second kappa shape index (κ2) is 9.80. The Labute approximate surface area is 176 Å². The van der Waals surface area contributed by atoms with Gasteiger partial charge in [0.1, 0.15) is 11.9 Å². The summed E-state index contributed by atoms with van der Waals surface area (Å²) in [4.78, 5) is 12.9. The lowest BCUT2D eigenvalue weighted by atomic mass is 10.0. The Bertz CT molecular complexity index is 997. The Kier molecular flexibility index (Phi) is 7.66. The van der Waals surface area contributed by atoms with Gasteiger partial charge in [-0.25, -0.2) is 12.8 Å². The molecule has 1 N–H and O–H groups in total. The first-order valence-corrected chi connectivity index (χ1v) is 11.2. The number of amides is 1. The standard InChI is InChI=1S/C21H27FN2O5S/c1-6-17(15-11-12-19(28-3)20(13-15)29-4)23-21(25)14(2)24(30(5,26)27)18-10-8-7-9-16(18)22/h7-14,17H,6H2,1-5H3,(H,23,25). The third kappa shape index (κ3) is 5.21. The second-order valence-electron chi connectivity index (χ2n) is 6.77. The molecule has 0 aliphatic rings. The Balaban J connectivity index is 2.32. The van der Waals surface area contributed by atoms with Crippen molar-refractivity contribution in [3.05, 3.63) is 53.8 Å². The normalized spacial score (nSPS) is 13.3. The van der Waals surface area contributed by atoms with Crippen molar-refractivity contribution in [2.75, 3.05) is 24.8 Å². The number of sulfonamides is 1. The zero-order valence-corrected chi connectivity index (χ0v) is 18.5. The fourth-order valence-corrected chi connectivity index (χ4v) is 4.37. The summed E-state index contributed by atoms with van der Waals surface area (Å²) in [6, 6.07) is 9.16. The van der Waals surface area contributed by atoms with Crippen LogP contribution in [0.5, 0.6) is 11.5 Å². The number of rotatable bonds is 9. The van der Waals surface area contributed by atoms with Gasteiger partial charge in [0, 0.05) is 0 Å². The van der Waals surface area contributed by atoms with Crippen LogP contribution in [0.3, 0.4) is 0 Å². The predicted octanol–water partition coefficient (Wildman–Crippen LogP) is 3.26. The van der Waals surface area contributed by atoms with Gasteiger partial charge in [-0.1, -0.05) is 25.1 Å². The molecule has 9 heteroatoms. The van der Waals surface area contributed by atoms with Crippen LogP contribution in [-0.2, 0) is 14.8 Å². The average molecular weight is 439 g/mol. The minimum atomic E-state index is -3.92. The van der Waals surface area contributed by atoms with E-state index in [-0.39, 0.29) is 5.69 Å². The zero-order valence-electron chi connectivity index (χ0n) is 17.7. The number of hydrogen-bond donors (Lipinski definition) is 1. The van der Waals surface area contributed by atoms with E-state index >= 15 is 0 Å². The molecule has 1 amide bonds. The van der Waals surface area contributed by atoms with Crippen LogP contribution in [0.2, 0.25) is 0 Å². The molecule has 2 rings (SSSR count). The van der Waals surface area contributed by atoms with Crippen LogP contribution in [0.15, 0.2) is 42.5 Å². The fourth-order valence-electron chi connectivity index (χ4n) is 3.19. The Morgan fingerprint density at radius 1 is 1.13 bits per heavy atom. The molecule has 0 heterocycles. The van der Waals surface area contributed by atoms with Crippen LogP contribution in [0.25, 0.3) is 0 Å². The summed E-state index contributed by atoms with van der Waals surface area (Å²) < 4.78 is 50.3. The van der Waals surface area contributed by atoms with Crippen molar-refractivity contribution in [3.63, 3.8) is 0 Å². The monoisotopic (exact) mass is 438 g/mol. The summed E-state index contributed by atoms with van der Waals surface area (Å²) in [5, 5.41) is 2.85. The van der Waals surface area contributed by atoms with Gasteiger partial charge in [0.15, 0.2) is 11.5 Å². The second-order valence-corrected chi connectivity index (χ2v) is 8.63. The van der Waals surface area contributed by atoms with Crippen LogP contribution in [0, 0.1) is 5.82 Å². The van der Waals surface area contributed by atoms with Gasteiger partial charge in [-0.2, -0.15) is 0 Å². The number of hydrogen-bond acceptors (Lipinski definition) is 5. The third-order valence-corrected chi connectivity index (χ3v) is 5.94. The molecule has 0 aliphatic carbocycles. The predicted molar refractivity (Wildman–Crippen MR) is 114 cm³/mol. The van der Waals surface area contributed by atoms with Crippen molar-refractivity contribution >= 4 is 21.6 Å². The molecule has 7 nitrogen and oxygen atoms in total. The van der Waals surface area contributed by atoms with E-state index in [4.69, 9.17) is 9.47 Å². The molecular formula is C21H27FN2O5S. The number of halogens is 1. The molecule has 30 heavy (non-hydrogen) atoms. The molecule has 0 radical (unpaired) electrons. The quantitative estimate of drug-likeness (QED) is 0.650. The highest BCUT2D eigenvalue weighted by atomic mass is 32.2. The van der Waals surface area contributed by atoms with Crippen molar-refractivity contribution in [3.8, 4) is 11.5 Å². The number of carbonyl (C=O) groups excluding carboxylic acids is 1. The Morgan fingerprint density at radius 3 is 2.30 bits per heavy atom. The van der Waals surface area contributed by atoms with Gasteiger partial charge in [0.25, 0.3) is 0 Å². The summed E-state index contributed by atoms with van der Waals surface area (Å²) in [6.07, 6.45) is 1.49. The fraction of sp³-hybridized carbons (Fsp3) is 0.381. The number of benzene rings is 2. The van der Waals surface area contributed by atoms with Gasteiger partial charge in [0.05, 0.1) is 32.2 Å². The number of nitrogens with zero attached hydrogens (tertiary/aromatic N) is 1. The van der Waals surface area contributed by atoms with E-state index in [0.717, 1.165) is 22.2 Å². The lowest BCUT2D eigenvalue weighted by molar-refractivity contribution is -0.122. The lowest BCUT2D eigenvalue weighted by Gasteiger charge is -2.30. The van der Waals surface area contributed by atoms with Gasteiger partial charge in [-0.3, -0.25) is 9.10 Å². The van der Waals surface area contributed by atoms with Gasteiger partial charge >= 0.3 is 0 Å². The minimum Gasteiger partial charge on any atom is -0.493 e. The SMILES string of the molecule is CCC(NC(=O)C(C)N(c1ccccc1F)S(C)(=O)=O)c1ccc(OC)c(OC)c1. The number of carbonyl (C=O) groups is 1. The van der Waals surface area contributed by atoms with E-state index < -0.39 is 33.8 Å². The molecule has 2 aromatic carbocycles. The molecule has 0 aromatic heterocycles. The van der Waals surface area contributed by atoms with Crippen LogP contribution in [0.4, 0.5) is 10.1 Å². The Hall–Kier alpha value is -2.81. The summed E-state index contributed by atoms with van der Waals surface area (Å²) in [5.74, 6) is -0.210. The lowest BCUT2D eigenvalue weighted by Crippen LogP contribution is -2.48. The van der Waals surface area contributed by atoms with Crippen molar-refractivity contribution < 1.29 is 27.1 Å². The number of ether oxygens (including phenoxy) is 2. The van der Waals surface area contributed by atoms with Gasteiger partial charge in [0.2, 0.25) is 15.9 Å². The van der Waals surface area contributed by atoms with Crippen LogP contribution in [0.1, 0.15) is 31.9 Å². The van der Waals surface area contributed by atoms with Gasteiger partial charge < -0.3 is 14.8 Å². The number of nitrogens with one attached hydrogen (secondary N) is 1. The molecule has 2 atom stereocenters. The van der Waals surface area contributed by atoms with E-state index in [1.54, 1.807) is 18.2 Å². The maximum absolute atomic E-state index is 14.3. The molecule has 2 unspecified atom stereocenters. The first kappa shape index (κ1) is 23.5. The van der Waals surface area contributed by atoms with Crippen LogP contribution < -0.4 is 19.1 Å². The molecule has 2 aromatic rings. The summed E-state index contributed by atoms with van der Waals surface area (Å²) >= 11 is 0. The molecule has 0 spiro atoms. The van der Waals surface area contributed by atoms with E-state index in [1.807, 2.05) is 6.92 Å². The van der Waals surface area contributed by atoms with E-state index in [0.29, 0.717) is 17.9 Å². The highest BCUT2D eigenvalue weighted by Crippen LogP contribution is 2.31. The molecule has 0 aliphatic heterocycles. The van der Waals surface area contributed by atoms with Crippen LogP contribution in [-0.4, -0.2) is 40.8 Å².